The molecule has 0 aliphatic carbocycles. The number of aromatic nitrogens is 2. The predicted octanol–water partition coefficient (Wildman–Crippen LogP) is 4.73. The minimum atomic E-state index is -0.534. The summed E-state index contributed by atoms with van der Waals surface area (Å²) in [6.45, 7) is 0. The second kappa shape index (κ2) is 10.2. The molecule has 0 saturated heterocycles. The first-order valence-electron chi connectivity index (χ1n) is 11.1. The Labute approximate surface area is 198 Å². The summed E-state index contributed by atoms with van der Waals surface area (Å²) in [6, 6.07) is 43.2. The minimum absolute atomic E-state index is 0.510. The summed E-state index contributed by atoms with van der Waals surface area (Å²) >= 11 is 0. The van der Waals surface area contributed by atoms with Crippen LogP contribution in [0.4, 0.5) is 0 Å². The molecule has 0 aliphatic rings. The fourth-order valence-electron chi connectivity index (χ4n) is 4.01. The highest BCUT2D eigenvalue weighted by Crippen LogP contribution is 2.40. The standard InChI is InChI=1S/C28H27N3P2/c29-31-24(22-32(25-13-5-1-6-14-25)26-15-7-2-8-16-26)21-30(31)23-33(27-17-9-3-10-18-27)28-19-11-4-12-20-28/h1-21H,22-23,29H2. The van der Waals surface area contributed by atoms with Crippen molar-refractivity contribution in [2.24, 2.45) is 0 Å². The van der Waals surface area contributed by atoms with Crippen molar-refractivity contribution in [2.75, 3.05) is 5.84 Å². The molecule has 0 aliphatic heterocycles. The van der Waals surface area contributed by atoms with Crippen molar-refractivity contribution in [3.8, 4) is 0 Å². The van der Waals surface area contributed by atoms with Crippen LogP contribution in [0.3, 0.4) is 0 Å². The Kier molecular flexibility index (Phi) is 6.72. The topological polar surface area (TPSA) is 35.9 Å². The number of nitrogen functional groups attached to an aromatic ring is 1. The molecule has 0 bridgehead atoms. The van der Waals surface area contributed by atoms with Crippen molar-refractivity contribution in [3.63, 3.8) is 0 Å². The molecule has 0 atom stereocenters. The van der Waals surface area contributed by atoms with Crippen molar-refractivity contribution in [1.82, 2.24) is 9.47 Å². The van der Waals surface area contributed by atoms with Gasteiger partial charge in [0, 0.05) is 12.4 Å². The van der Waals surface area contributed by atoms with E-state index in [4.69, 9.17) is 5.84 Å². The molecule has 2 N–H and O–H groups in total. The second-order valence-corrected chi connectivity index (χ2v) is 12.3. The summed E-state index contributed by atoms with van der Waals surface area (Å²) in [5.74, 6) is 6.59. The van der Waals surface area contributed by atoms with Crippen molar-refractivity contribution in [3.05, 3.63) is 133 Å². The van der Waals surface area contributed by atoms with Gasteiger partial charge in [-0.1, -0.05) is 121 Å². The van der Waals surface area contributed by atoms with Crippen LogP contribution in [-0.4, -0.2) is 9.47 Å². The number of rotatable bonds is 8. The summed E-state index contributed by atoms with van der Waals surface area (Å²) in [7, 11) is -1.04. The highest BCUT2D eigenvalue weighted by atomic mass is 31.1. The van der Waals surface area contributed by atoms with Gasteiger partial charge < -0.3 is 5.84 Å². The van der Waals surface area contributed by atoms with Gasteiger partial charge in [-0.25, -0.2) is 4.79 Å². The smallest absolute Gasteiger partial charge is 0.0808 e. The quantitative estimate of drug-likeness (QED) is 0.260. The van der Waals surface area contributed by atoms with Crippen LogP contribution in [-0.2, 0) is 12.4 Å². The predicted molar refractivity (Wildman–Crippen MR) is 144 cm³/mol. The van der Waals surface area contributed by atoms with Gasteiger partial charge in [0.1, 0.15) is 0 Å². The van der Waals surface area contributed by atoms with E-state index in [-0.39, 0.29) is 0 Å². The number of nitrogens with two attached hydrogens (primary N) is 1. The number of nitrogens with zero attached hydrogens (tertiary/aromatic N) is 2. The maximum absolute atomic E-state index is 6.59. The molecule has 4 aromatic carbocycles. The number of hydrogen-bond acceptors (Lipinski definition) is 1. The lowest BCUT2D eigenvalue weighted by Gasteiger charge is -2.29. The molecular weight excluding hydrogens is 440 g/mol. The largest absolute Gasteiger partial charge is 0.324 e. The molecule has 33 heavy (non-hydrogen) atoms. The van der Waals surface area contributed by atoms with Crippen LogP contribution in [0.2, 0.25) is 0 Å². The lowest BCUT2D eigenvalue weighted by molar-refractivity contribution is 0.521. The minimum Gasteiger partial charge on any atom is -0.324 e. The normalized spacial score (nSPS) is 11.3. The van der Waals surface area contributed by atoms with Crippen LogP contribution in [0.5, 0.6) is 0 Å². The first kappa shape index (κ1) is 21.7. The molecule has 0 radical (unpaired) electrons. The average molecular weight is 467 g/mol. The molecule has 5 aromatic rings. The molecule has 164 valence electrons. The molecule has 0 fully saturated rings. The molecule has 5 heteroatoms. The van der Waals surface area contributed by atoms with Crippen molar-refractivity contribution < 1.29 is 0 Å². The number of hydrogen-bond donors (Lipinski definition) is 1. The molecule has 0 unspecified atom stereocenters. The van der Waals surface area contributed by atoms with Gasteiger partial charge in [0.15, 0.2) is 0 Å². The van der Waals surface area contributed by atoms with E-state index in [9.17, 15) is 0 Å². The molecule has 0 saturated carbocycles. The molecule has 1 aromatic heterocycles. The van der Waals surface area contributed by atoms with Crippen molar-refractivity contribution in [1.29, 1.82) is 0 Å². The van der Waals surface area contributed by atoms with E-state index in [0.717, 1.165) is 12.4 Å². The second-order valence-electron chi connectivity index (χ2n) is 7.90. The fraction of sp³-hybridized carbons (Fsp3) is 0.0714. The van der Waals surface area contributed by atoms with Crippen LogP contribution >= 0.6 is 15.8 Å². The van der Waals surface area contributed by atoms with Gasteiger partial charge in [-0.2, -0.15) is 0 Å². The third-order valence-electron chi connectivity index (χ3n) is 5.75. The van der Waals surface area contributed by atoms with E-state index in [1.807, 2.05) is 4.79 Å². The summed E-state index contributed by atoms with van der Waals surface area (Å²) < 4.78 is 2.17. The highest BCUT2D eigenvalue weighted by Gasteiger charge is 2.21. The highest BCUT2D eigenvalue weighted by molar-refractivity contribution is 7.72. The van der Waals surface area contributed by atoms with E-state index >= 15 is 0 Å². The first-order valence-corrected chi connectivity index (χ1v) is 14.1. The van der Waals surface area contributed by atoms with Crippen molar-refractivity contribution in [2.45, 2.75) is 12.4 Å². The SMILES string of the molecule is Nn1c(CP(c2ccccc2)c2ccccc2)cn1CP(c1ccccc1)c1ccccc1. The maximum atomic E-state index is 6.59. The van der Waals surface area contributed by atoms with Crippen LogP contribution in [0.15, 0.2) is 128 Å². The summed E-state index contributed by atoms with van der Waals surface area (Å²) in [5, 5.41) is 5.49. The first-order chi connectivity index (χ1) is 16.3. The van der Waals surface area contributed by atoms with Gasteiger partial charge in [0.25, 0.3) is 0 Å². The zero-order chi connectivity index (χ0) is 22.5. The molecule has 5 rings (SSSR count). The Morgan fingerprint density at radius 2 is 0.879 bits per heavy atom. The average Bonchev–Trinajstić information content (AvgIpc) is 2.90. The summed E-state index contributed by atoms with van der Waals surface area (Å²) in [4.78, 5) is 1.86. The Morgan fingerprint density at radius 3 is 1.24 bits per heavy atom. The Bertz CT molecular complexity index is 1090. The third kappa shape index (κ3) is 4.96. The van der Waals surface area contributed by atoms with Crippen LogP contribution in [0.25, 0.3) is 0 Å². The van der Waals surface area contributed by atoms with Crippen molar-refractivity contribution >= 4 is 37.1 Å². The maximum Gasteiger partial charge on any atom is 0.0808 e. The zero-order valence-corrected chi connectivity index (χ0v) is 20.2. The Balaban J connectivity index is 1.40. The molecule has 3 nitrogen and oxygen atoms in total. The number of benzene rings is 4. The van der Waals surface area contributed by atoms with Gasteiger partial charge in [0.2, 0.25) is 0 Å². The fourth-order valence-corrected chi connectivity index (χ4v) is 8.48. The van der Waals surface area contributed by atoms with E-state index in [1.165, 1.54) is 26.9 Å². The van der Waals surface area contributed by atoms with Gasteiger partial charge in [-0.05, 0) is 37.1 Å². The monoisotopic (exact) mass is 467 g/mol. The van der Waals surface area contributed by atoms with E-state index in [2.05, 4.69) is 132 Å². The van der Waals surface area contributed by atoms with Crippen LogP contribution < -0.4 is 27.1 Å². The lowest BCUT2D eigenvalue weighted by atomic mass is 10.4. The Morgan fingerprint density at radius 1 is 0.515 bits per heavy atom. The van der Waals surface area contributed by atoms with E-state index < -0.39 is 15.8 Å². The summed E-state index contributed by atoms with van der Waals surface area (Å²) in [6.07, 6.45) is 4.05. The molecule has 0 amide bonds. The van der Waals surface area contributed by atoms with Gasteiger partial charge >= 0.3 is 0 Å². The lowest BCUT2D eigenvalue weighted by Crippen LogP contribution is -2.34. The van der Waals surface area contributed by atoms with Gasteiger partial charge in [0.05, 0.1) is 12.0 Å². The van der Waals surface area contributed by atoms with Crippen LogP contribution in [0, 0.1) is 0 Å². The van der Waals surface area contributed by atoms with Gasteiger partial charge in [-0.15, -0.1) is 0 Å². The molecular formula is C28H27N3P2. The molecule has 0 spiro atoms. The Hall–Kier alpha value is -3.12. The van der Waals surface area contributed by atoms with E-state index in [1.54, 1.807) is 0 Å². The van der Waals surface area contributed by atoms with Gasteiger partial charge in [-0.3, -0.25) is 4.68 Å². The van der Waals surface area contributed by atoms with E-state index in [0.29, 0.717) is 0 Å². The molecule has 1 heterocycles. The zero-order valence-electron chi connectivity index (χ0n) is 18.4. The third-order valence-corrected chi connectivity index (χ3v) is 10.6. The van der Waals surface area contributed by atoms with Crippen LogP contribution in [0.1, 0.15) is 5.69 Å². The summed E-state index contributed by atoms with van der Waals surface area (Å²) in [5.41, 5.74) is 1.19.